The van der Waals surface area contributed by atoms with Crippen molar-refractivity contribution in [2.24, 2.45) is 11.3 Å². The summed E-state index contributed by atoms with van der Waals surface area (Å²) in [5, 5.41) is 2.98. The monoisotopic (exact) mass is 357 g/mol. The Labute approximate surface area is 156 Å². The lowest BCUT2D eigenvalue weighted by atomic mass is 10.0. The fourth-order valence-corrected chi connectivity index (χ4v) is 3.56. The average molecular weight is 357 g/mol. The molecule has 1 aliphatic carbocycles. The van der Waals surface area contributed by atoms with Crippen LogP contribution in [0.1, 0.15) is 38.7 Å². The van der Waals surface area contributed by atoms with Crippen LogP contribution in [0.15, 0.2) is 30.3 Å². The van der Waals surface area contributed by atoms with Gasteiger partial charge in [-0.3, -0.25) is 14.5 Å². The summed E-state index contributed by atoms with van der Waals surface area (Å²) in [5.74, 6) is 0.535. The van der Waals surface area contributed by atoms with Gasteiger partial charge in [-0.05, 0) is 30.7 Å². The number of carbonyl (C=O) groups excluding carboxylic acids is 2. The van der Waals surface area contributed by atoms with Crippen molar-refractivity contribution < 1.29 is 9.59 Å². The van der Waals surface area contributed by atoms with Crippen LogP contribution >= 0.6 is 0 Å². The highest BCUT2D eigenvalue weighted by atomic mass is 16.2. The molecule has 1 saturated carbocycles. The smallest absolute Gasteiger partial charge is 0.238 e. The molecule has 0 spiro atoms. The van der Waals surface area contributed by atoms with Crippen LogP contribution in [-0.4, -0.2) is 54.3 Å². The number of nitrogens with zero attached hydrogens (tertiary/aromatic N) is 2. The summed E-state index contributed by atoms with van der Waals surface area (Å²) in [6, 6.07) is 10.4. The molecule has 1 N–H and O–H groups in total. The summed E-state index contributed by atoms with van der Waals surface area (Å²) in [7, 11) is 0. The summed E-state index contributed by atoms with van der Waals surface area (Å²) in [5.41, 5.74) is 0.536. The molecule has 0 atom stereocenters. The lowest BCUT2D eigenvalue weighted by Gasteiger charge is -2.36. The molecule has 3 rings (SSSR count). The number of hydrogen-bond donors (Lipinski definition) is 1. The Balaban J connectivity index is 1.48. The summed E-state index contributed by atoms with van der Waals surface area (Å²) >= 11 is 0. The van der Waals surface area contributed by atoms with Crippen LogP contribution in [0.5, 0.6) is 0 Å². The van der Waals surface area contributed by atoms with E-state index in [1.807, 2.05) is 11.0 Å². The van der Waals surface area contributed by atoms with Crippen molar-refractivity contribution in [2.75, 3.05) is 32.7 Å². The third-order valence-electron chi connectivity index (χ3n) is 5.51. The van der Waals surface area contributed by atoms with E-state index in [-0.39, 0.29) is 11.8 Å². The largest absolute Gasteiger partial charge is 0.355 e. The number of benzene rings is 1. The number of piperazine rings is 1. The molecular weight excluding hydrogens is 326 g/mol. The average Bonchev–Trinajstić information content (AvgIpc) is 3.44. The fourth-order valence-electron chi connectivity index (χ4n) is 3.56. The summed E-state index contributed by atoms with van der Waals surface area (Å²) < 4.78 is 0. The maximum atomic E-state index is 12.9. The minimum Gasteiger partial charge on any atom is -0.355 e. The van der Waals surface area contributed by atoms with Gasteiger partial charge in [0.15, 0.2) is 0 Å². The van der Waals surface area contributed by atoms with Gasteiger partial charge in [0.2, 0.25) is 11.8 Å². The molecule has 26 heavy (non-hydrogen) atoms. The van der Waals surface area contributed by atoms with E-state index in [0.29, 0.717) is 38.4 Å². The molecule has 1 aromatic carbocycles. The van der Waals surface area contributed by atoms with Gasteiger partial charge in [0.1, 0.15) is 5.41 Å². The first-order chi connectivity index (χ1) is 12.5. The summed E-state index contributed by atoms with van der Waals surface area (Å²) in [6.45, 7) is 9.02. The minimum absolute atomic E-state index is 0.0407. The van der Waals surface area contributed by atoms with Crippen LogP contribution in [-0.2, 0) is 16.1 Å². The zero-order valence-corrected chi connectivity index (χ0v) is 16.0. The van der Waals surface area contributed by atoms with Crippen molar-refractivity contribution in [3.63, 3.8) is 0 Å². The van der Waals surface area contributed by atoms with Crippen LogP contribution in [0.2, 0.25) is 0 Å². The Morgan fingerprint density at radius 1 is 1.08 bits per heavy atom. The first kappa shape index (κ1) is 18.9. The van der Waals surface area contributed by atoms with Crippen LogP contribution in [0.25, 0.3) is 0 Å². The maximum absolute atomic E-state index is 12.9. The molecule has 0 radical (unpaired) electrons. The van der Waals surface area contributed by atoms with E-state index in [4.69, 9.17) is 0 Å². The second-order valence-corrected chi connectivity index (χ2v) is 8.07. The Bertz CT molecular complexity index is 617. The lowest BCUT2D eigenvalue weighted by molar-refractivity contribution is -0.145. The molecular formula is C21H31N3O2. The Morgan fingerprint density at radius 2 is 1.73 bits per heavy atom. The van der Waals surface area contributed by atoms with Gasteiger partial charge in [-0.2, -0.15) is 0 Å². The Morgan fingerprint density at radius 3 is 2.31 bits per heavy atom. The topological polar surface area (TPSA) is 52.7 Å². The lowest BCUT2D eigenvalue weighted by Crippen LogP contribution is -2.53. The molecule has 2 fully saturated rings. The van der Waals surface area contributed by atoms with E-state index in [1.54, 1.807) is 0 Å². The van der Waals surface area contributed by atoms with Crippen molar-refractivity contribution in [2.45, 2.75) is 39.7 Å². The van der Waals surface area contributed by atoms with Crippen molar-refractivity contribution in [1.29, 1.82) is 0 Å². The molecule has 142 valence electrons. The van der Waals surface area contributed by atoms with Crippen LogP contribution in [0.3, 0.4) is 0 Å². The second kappa shape index (κ2) is 8.21. The van der Waals surface area contributed by atoms with Gasteiger partial charge in [-0.25, -0.2) is 0 Å². The molecule has 1 saturated heterocycles. The zero-order chi connectivity index (χ0) is 18.6. The first-order valence-electron chi connectivity index (χ1n) is 9.85. The maximum Gasteiger partial charge on any atom is 0.238 e. The van der Waals surface area contributed by atoms with Gasteiger partial charge in [-0.1, -0.05) is 44.2 Å². The molecule has 0 bridgehead atoms. The molecule has 1 aliphatic heterocycles. The van der Waals surface area contributed by atoms with Gasteiger partial charge in [0, 0.05) is 39.3 Å². The number of nitrogens with one attached hydrogen (secondary N) is 1. The van der Waals surface area contributed by atoms with Gasteiger partial charge < -0.3 is 10.2 Å². The SMILES string of the molecule is CC(C)CCNC(=O)C1(C(=O)N2CCN(Cc3ccccc3)CC2)CC1. The highest BCUT2D eigenvalue weighted by Crippen LogP contribution is 2.47. The normalized spacial score (nSPS) is 19.4. The minimum atomic E-state index is -0.765. The van der Waals surface area contributed by atoms with Crippen molar-refractivity contribution in [3.05, 3.63) is 35.9 Å². The molecule has 0 unspecified atom stereocenters. The third kappa shape index (κ3) is 4.44. The summed E-state index contributed by atoms with van der Waals surface area (Å²) in [4.78, 5) is 29.7. The van der Waals surface area contributed by atoms with E-state index in [1.165, 1.54) is 5.56 Å². The quantitative estimate of drug-likeness (QED) is 0.762. The van der Waals surface area contributed by atoms with E-state index in [9.17, 15) is 9.59 Å². The molecule has 5 nitrogen and oxygen atoms in total. The van der Waals surface area contributed by atoms with Gasteiger partial charge >= 0.3 is 0 Å². The second-order valence-electron chi connectivity index (χ2n) is 8.07. The third-order valence-corrected chi connectivity index (χ3v) is 5.51. The van der Waals surface area contributed by atoms with E-state index in [2.05, 4.69) is 48.3 Å². The Kier molecular flexibility index (Phi) is 5.97. The fraction of sp³-hybridized carbons (Fsp3) is 0.619. The molecule has 0 aromatic heterocycles. The van der Waals surface area contributed by atoms with Crippen molar-refractivity contribution in [3.8, 4) is 0 Å². The molecule has 1 heterocycles. The van der Waals surface area contributed by atoms with Crippen LogP contribution in [0.4, 0.5) is 0 Å². The number of hydrogen-bond acceptors (Lipinski definition) is 3. The van der Waals surface area contributed by atoms with Crippen molar-refractivity contribution in [1.82, 2.24) is 15.1 Å². The van der Waals surface area contributed by atoms with Gasteiger partial charge in [0.05, 0.1) is 0 Å². The Hall–Kier alpha value is -1.88. The summed E-state index contributed by atoms with van der Waals surface area (Å²) in [6.07, 6.45) is 2.35. The predicted octanol–water partition coefficient (Wildman–Crippen LogP) is 2.27. The standard InChI is InChI=1S/C21H31N3O2/c1-17(2)8-11-22-19(25)21(9-10-21)20(26)24-14-12-23(13-15-24)16-18-6-4-3-5-7-18/h3-7,17H,8-16H2,1-2H3,(H,22,25). The zero-order valence-electron chi connectivity index (χ0n) is 16.0. The molecule has 2 aliphatic rings. The van der Waals surface area contributed by atoms with Crippen molar-refractivity contribution >= 4 is 11.8 Å². The number of carbonyl (C=O) groups is 2. The molecule has 2 amide bonds. The molecule has 1 aromatic rings. The highest BCUT2D eigenvalue weighted by Gasteiger charge is 2.57. The number of rotatable bonds is 7. The first-order valence-corrected chi connectivity index (χ1v) is 9.85. The van der Waals surface area contributed by atoms with Gasteiger partial charge in [0.25, 0.3) is 0 Å². The molecule has 5 heteroatoms. The van der Waals surface area contributed by atoms with E-state index in [0.717, 1.165) is 26.1 Å². The van der Waals surface area contributed by atoms with E-state index >= 15 is 0 Å². The van der Waals surface area contributed by atoms with Crippen LogP contribution < -0.4 is 5.32 Å². The van der Waals surface area contributed by atoms with E-state index < -0.39 is 5.41 Å². The van der Waals surface area contributed by atoms with Gasteiger partial charge in [-0.15, -0.1) is 0 Å². The van der Waals surface area contributed by atoms with Crippen LogP contribution in [0, 0.1) is 11.3 Å². The number of amides is 2. The highest BCUT2D eigenvalue weighted by molar-refractivity contribution is 6.07. The predicted molar refractivity (Wildman–Crippen MR) is 102 cm³/mol.